The lowest BCUT2D eigenvalue weighted by molar-refractivity contribution is -0.118. The Morgan fingerprint density at radius 1 is 1.15 bits per heavy atom. The van der Waals surface area contributed by atoms with E-state index in [0.29, 0.717) is 12.4 Å². The van der Waals surface area contributed by atoms with E-state index in [2.05, 4.69) is 24.0 Å². The van der Waals surface area contributed by atoms with Crippen LogP contribution in [0, 0.1) is 0 Å². The molecular formula is C19H23N3O4. The fourth-order valence-electron chi connectivity index (χ4n) is 2.18. The number of carbonyl (C=O) groups is 2. The zero-order chi connectivity index (χ0) is 18.8. The minimum atomic E-state index is -0.954. The van der Waals surface area contributed by atoms with E-state index in [-0.39, 0.29) is 12.4 Å². The van der Waals surface area contributed by atoms with Crippen LogP contribution in [0.15, 0.2) is 42.6 Å². The highest BCUT2D eigenvalue weighted by atomic mass is 16.6. The monoisotopic (exact) mass is 357 g/mol. The SMILES string of the molecule is CCCCc1ccc(COc2cccnc2OC(=O)NC(=O)CN)cc1. The van der Waals surface area contributed by atoms with E-state index in [1.807, 2.05) is 17.4 Å². The number of aryl methyl sites for hydroxylation is 1. The van der Waals surface area contributed by atoms with Crippen LogP contribution in [0.3, 0.4) is 0 Å². The van der Waals surface area contributed by atoms with Crippen molar-refractivity contribution in [3.63, 3.8) is 0 Å². The van der Waals surface area contributed by atoms with Crippen LogP contribution >= 0.6 is 0 Å². The van der Waals surface area contributed by atoms with Gasteiger partial charge >= 0.3 is 6.09 Å². The van der Waals surface area contributed by atoms with E-state index >= 15 is 0 Å². The van der Waals surface area contributed by atoms with Gasteiger partial charge in [-0.15, -0.1) is 0 Å². The fraction of sp³-hybridized carbons (Fsp3) is 0.316. The molecule has 26 heavy (non-hydrogen) atoms. The average molecular weight is 357 g/mol. The van der Waals surface area contributed by atoms with Gasteiger partial charge in [0, 0.05) is 6.20 Å². The van der Waals surface area contributed by atoms with E-state index in [1.165, 1.54) is 24.6 Å². The van der Waals surface area contributed by atoms with Gasteiger partial charge < -0.3 is 15.2 Å². The number of nitrogens with two attached hydrogens (primary N) is 1. The molecule has 0 aliphatic heterocycles. The Bertz CT molecular complexity index is 732. The number of unbranched alkanes of at least 4 members (excludes halogenated alkanes) is 1. The number of nitrogens with one attached hydrogen (secondary N) is 1. The Morgan fingerprint density at radius 3 is 2.58 bits per heavy atom. The Morgan fingerprint density at radius 2 is 1.88 bits per heavy atom. The minimum absolute atomic E-state index is 0.0191. The third-order valence-electron chi connectivity index (χ3n) is 3.59. The van der Waals surface area contributed by atoms with Crippen LogP contribution in [0.4, 0.5) is 4.79 Å². The second-order valence-electron chi connectivity index (χ2n) is 5.66. The van der Waals surface area contributed by atoms with Crippen LogP contribution < -0.4 is 20.5 Å². The standard InChI is InChI=1S/C19H23N3O4/c1-2-3-5-14-7-9-15(10-8-14)13-25-16-6-4-11-21-18(16)26-19(24)22-17(23)12-20/h4,6-11H,2-3,5,12-13,20H2,1H3,(H,22,23,24). The van der Waals surface area contributed by atoms with Crippen molar-refractivity contribution in [3.8, 4) is 11.6 Å². The second kappa shape index (κ2) is 10.1. The molecule has 0 fully saturated rings. The molecule has 1 aromatic heterocycles. The van der Waals surface area contributed by atoms with E-state index in [1.54, 1.807) is 12.1 Å². The molecule has 1 heterocycles. The van der Waals surface area contributed by atoms with Crippen molar-refractivity contribution in [2.24, 2.45) is 5.73 Å². The summed E-state index contributed by atoms with van der Waals surface area (Å²) in [6, 6.07) is 11.5. The van der Waals surface area contributed by atoms with E-state index < -0.39 is 12.0 Å². The zero-order valence-corrected chi connectivity index (χ0v) is 14.7. The maximum Gasteiger partial charge on any atom is 0.420 e. The summed E-state index contributed by atoms with van der Waals surface area (Å²) in [7, 11) is 0. The molecule has 7 nitrogen and oxygen atoms in total. The quantitative estimate of drug-likeness (QED) is 0.752. The van der Waals surface area contributed by atoms with Gasteiger partial charge in [0.1, 0.15) is 6.61 Å². The third kappa shape index (κ3) is 6.18. The first-order valence-electron chi connectivity index (χ1n) is 8.49. The lowest BCUT2D eigenvalue weighted by Gasteiger charge is -2.11. The zero-order valence-electron chi connectivity index (χ0n) is 14.7. The van der Waals surface area contributed by atoms with Crippen LogP contribution in [0.1, 0.15) is 30.9 Å². The Labute approximate surface area is 152 Å². The molecule has 2 rings (SSSR count). The molecule has 7 heteroatoms. The number of nitrogens with zero attached hydrogens (tertiary/aromatic N) is 1. The highest BCUT2D eigenvalue weighted by Gasteiger charge is 2.13. The van der Waals surface area contributed by atoms with E-state index in [9.17, 15) is 9.59 Å². The van der Waals surface area contributed by atoms with Crippen molar-refractivity contribution in [1.29, 1.82) is 0 Å². The number of rotatable bonds is 8. The summed E-state index contributed by atoms with van der Waals surface area (Å²) in [4.78, 5) is 26.7. The van der Waals surface area contributed by atoms with Crippen LogP contribution in [0.5, 0.6) is 11.6 Å². The molecule has 0 saturated heterocycles. The first kappa shape index (κ1) is 19.4. The van der Waals surface area contributed by atoms with Gasteiger partial charge in [0.2, 0.25) is 5.91 Å². The lowest BCUT2D eigenvalue weighted by Crippen LogP contribution is -2.37. The molecule has 2 amide bonds. The molecule has 0 radical (unpaired) electrons. The van der Waals surface area contributed by atoms with Gasteiger partial charge in [-0.2, -0.15) is 0 Å². The molecule has 0 aliphatic carbocycles. The molecule has 0 bridgehead atoms. The van der Waals surface area contributed by atoms with Gasteiger partial charge in [-0.25, -0.2) is 9.78 Å². The fourth-order valence-corrected chi connectivity index (χ4v) is 2.18. The number of ether oxygens (including phenoxy) is 2. The highest BCUT2D eigenvalue weighted by Crippen LogP contribution is 2.24. The van der Waals surface area contributed by atoms with Gasteiger partial charge in [0.25, 0.3) is 5.88 Å². The van der Waals surface area contributed by atoms with Crippen LogP contribution in [0.2, 0.25) is 0 Å². The number of pyridine rings is 1. The number of carbonyl (C=O) groups excluding carboxylic acids is 2. The highest BCUT2D eigenvalue weighted by molar-refractivity contribution is 5.93. The van der Waals surface area contributed by atoms with Crippen LogP contribution in [-0.4, -0.2) is 23.5 Å². The Hall–Kier alpha value is -2.93. The molecule has 3 N–H and O–H groups in total. The number of amides is 2. The number of hydrogen-bond acceptors (Lipinski definition) is 6. The number of benzene rings is 1. The third-order valence-corrected chi connectivity index (χ3v) is 3.59. The molecule has 0 saturated carbocycles. The Balaban J connectivity index is 1.95. The summed E-state index contributed by atoms with van der Waals surface area (Å²) >= 11 is 0. The second-order valence-corrected chi connectivity index (χ2v) is 5.66. The first-order chi connectivity index (χ1) is 12.6. The molecule has 0 aliphatic rings. The predicted octanol–water partition coefficient (Wildman–Crippen LogP) is 2.58. The van der Waals surface area contributed by atoms with Crippen molar-refractivity contribution in [2.75, 3.05) is 6.54 Å². The number of hydrogen-bond donors (Lipinski definition) is 2. The molecule has 0 atom stereocenters. The van der Waals surface area contributed by atoms with Gasteiger partial charge in [0.05, 0.1) is 6.54 Å². The smallest absolute Gasteiger partial charge is 0.420 e. The summed E-state index contributed by atoms with van der Waals surface area (Å²) < 4.78 is 10.7. The van der Waals surface area contributed by atoms with Crippen molar-refractivity contribution < 1.29 is 19.1 Å². The van der Waals surface area contributed by atoms with Crippen LogP contribution in [-0.2, 0) is 17.8 Å². The first-order valence-corrected chi connectivity index (χ1v) is 8.49. The normalized spacial score (nSPS) is 10.2. The molecule has 138 valence electrons. The van der Waals surface area contributed by atoms with Crippen molar-refractivity contribution >= 4 is 12.0 Å². The lowest BCUT2D eigenvalue weighted by atomic mass is 10.1. The minimum Gasteiger partial charge on any atom is -0.483 e. The molecule has 0 spiro atoms. The molecule has 2 aromatic rings. The predicted molar refractivity (Wildman–Crippen MR) is 96.8 cm³/mol. The molecule has 1 aromatic carbocycles. The van der Waals surface area contributed by atoms with E-state index in [0.717, 1.165) is 12.0 Å². The largest absolute Gasteiger partial charge is 0.483 e. The van der Waals surface area contributed by atoms with E-state index in [4.69, 9.17) is 15.2 Å². The van der Waals surface area contributed by atoms with Crippen molar-refractivity contribution in [1.82, 2.24) is 10.3 Å². The maximum absolute atomic E-state index is 11.6. The summed E-state index contributed by atoms with van der Waals surface area (Å²) in [5.41, 5.74) is 7.42. The van der Waals surface area contributed by atoms with Gasteiger partial charge in [0.15, 0.2) is 5.75 Å². The average Bonchev–Trinajstić information content (AvgIpc) is 2.66. The molecular weight excluding hydrogens is 334 g/mol. The Kier molecular flexibility index (Phi) is 7.57. The summed E-state index contributed by atoms with van der Waals surface area (Å²) in [5, 5.41) is 1.98. The molecule has 0 unspecified atom stereocenters. The maximum atomic E-state index is 11.6. The van der Waals surface area contributed by atoms with Crippen molar-refractivity contribution in [3.05, 3.63) is 53.7 Å². The number of imide groups is 1. The summed E-state index contributed by atoms with van der Waals surface area (Å²) in [6.07, 6.45) is 3.90. The van der Waals surface area contributed by atoms with Gasteiger partial charge in [-0.05, 0) is 36.1 Å². The van der Waals surface area contributed by atoms with Gasteiger partial charge in [-0.3, -0.25) is 10.1 Å². The number of aromatic nitrogens is 1. The summed E-state index contributed by atoms with van der Waals surface area (Å²) in [5.74, 6) is -0.358. The van der Waals surface area contributed by atoms with Gasteiger partial charge in [-0.1, -0.05) is 37.6 Å². The van der Waals surface area contributed by atoms with Crippen molar-refractivity contribution in [2.45, 2.75) is 32.8 Å². The topological polar surface area (TPSA) is 104 Å². The summed E-state index contributed by atoms with van der Waals surface area (Å²) in [6.45, 7) is 2.16. The van der Waals surface area contributed by atoms with Crippen LogP contribution in [0.25, 0.3) is 0 Å².